The zero-order chi connectivity index (χ0) is 18.1. The number of nitrogens with one attached hydrogen (secondary N) is 2. The summed E-state index contributed by atoms with van der Waals surface area (Å²) in [6.45, 7) is 5.18. The normalized spacial score (nSPS) is 11.3. The second-order valence-corrected chi connectivity index (χ2v) is 6.75. The lowest BCUT2D eigenvalue weighted by atomic mass is 10.2. The van der Waals surface area contributed by atoms with E-state index in [1.807, 2.05) is 24.3 Å². The standard InChI is InChI=1S/C19H24Cl2N2O2.2ClH/c1-14(24)11-22-7-8-23-12-15-3-2-4-18(9-15)25-13-16-5-6-17(20)10-19(16)21;;/h2-6,9-10,14,22-24H,7-8,11-13H2,1H3;2*1H. The molecule has 2 aromatic carbocycles. The molecule has 0 aliphatic carbocycles. The van der Waals surface area contributed by atoms with Crippen molar-refractivity contribution < 1.29 is 9.84 Å². The lowest BCUT2D eigenvalue weighted by Gasteiger charge is -2.11. The van der Waals surface area contributed by atoms with Gasteiger partial charge in [0.2, 0.25) is 0 Å². The molecule has 0 amide bonds. The van der Waals surface area contributed by atoms with Gasteiger partial charge in [0.05, 0.1) is 6.10 Å². The summed E-state index contributed by atoms with van der Waals surface area (Å²) in [6.07, 6.45) is -0.317. The molecule has 2 rings (SSSR count). The van der Waals surface area contributed by atoms with Gasteiger partial charge in [-0.1, -0.05) is 41.4 Å². The highest BCUT2D eigenvalue weighted by molar-refractivity contribution is 6.35. The zero-order valence-corrected chi connectivity index (χ0v) is 18.2. The fourth-order valence-electron chi connectivity index (χ4n) is 2.27. The maximum Gasteiger partial charge on any atom is 0.120 e. The molecule has 0 saturated carbocycles. The van der Waals surface area contributed by atoms with Gasteiger partial charge in [0.25, 0.3) is 0 Å². The first kappa shape index (κ1) is 26.3. The first-order valence-electron chi connectivity index (χ1n) is 8.30. The largest absolute Gasteiger partial charge is 0.489 e. The molecule has 0 saturated heterocycles. The summed E-state index contributed by atoms with van der Waals surface area (Å²) in [5, 5.41) is 16.9. The van der Waals surface area contributed by atoms with Crippen LogP contribution >= 0.6 is 48.0 Å². The van der Waals surface area contributed by atoms with Crippen LogP contribution in [-0.2, 0) is 13.2 Å². The van der Waals surface area contributed by atoms with Crippen LogP contribution in [0.2, 0.25) is 10.0 Å². The molecule has 0 heterocycles. The maximum atomic E-state index is 9.17. The second-order valence-electron chi connectivity index (χ2n) is 5.90. The Bertz CT molecular complexity index is 672. The van der Waals surface area contributed by atoms with Crippen LogP contribution < -0.4 is 15.4 Å². The minimum Gasteiger partial charge on any atom is -0.489 e. The third-order valence-corrected chi connectivity index (χ3v) is 4.14. The van der Waals surface area contributed by atoms with E-state index in [0.29, 0.717) is 23.2 Å². The molecule has 1 atom stereocenters. The van der Waals surface area contributed by atoms with E-state index in [1.54, 1.807) is 19.1 Å². The molecular weight excluding hydrogens is 430 g/mol. The van der Waals surface area contributed by atoms with Crippen LogP contribution in [0.5, 0.6) is 5.75 Å². The van der Waals surface area contributed by atoms with Crippen LogP contribution in [0.15, 0.2) is 42.5 Å². The van der Waals surface area contributed by atoms with Crippen molar-refractivity contribution in [2.24, 2.45) is 0 Å². The van der Waals surface area contributed by atoms with Crippen LogP contribution in [0.1, 0.15) is 18.1 Å². The fourth-order valence-corrected chi connectivity index (χ4v) is 2.73. The topological polar surface area (TPSA) is 53.5 Å². The summed E-state index contributed by atoms with van der Waals surface area (Å²) in [5.41, 5.74) is 2.05. The van der Waals surface area contributed by atoms with Crippen molar-refractivity contribution in [3.05, 3.63) is 63.6 Å². The van der Waals surface area contributed by atoms with Gasteiger partial charge in [0.1, 0.15) is 12.4 Å². The van der Waals surface area contributed by atoms with E-state index < -0.39 is 0 Å². The number of aliphatic hydroxyl groups is 1. The van der Waals surface area contributed by atoms with Crippen molar-refractivity contribution in [1.82, 2.24) is 10.6 Å². The molecule has 0 aromatic heterocycles. The van der Waals surface area contributed by atoms with Gasteiger partial charge in [0, 0.05) is 41.8 Å². The van der Waals surface area contributed by atoms with Gasteiger partial charge in [-0.2, -0.15) is 0 Å². The van der Waals surface area contributed by atoms with E-state index in [4.69, 9.17) is 33.0 Å². The number of ether oxygens (including phenoxy) is 1. The quantitative estimate of drug-likeness (QED) is 0.462. The Morgan fingerprint density at radius 1 is 1.04 bits per heavy atom. The smallest absolute Gasteiger partial charge is 0.120 e. The van der Waals surface area contributed by atoms with E-state index in [1.165, 1.54) is 0 Å². The van der Waals surface area contributed by atoms with Crippen LogP contribution in [-0.4, -0.2) is 30.8 Å². The highest BCUT2D eigenvalue weighted by atomic mass is 35.5. The number of hydrogen-bond donors (Lipinski definition) is 3. The van der Waals surface area contributed by atoms with Gasteiger partial charge >= 0.3 is 0 Å². The fraction of sp³-hybridized carbons (Fsp3) is 0.368. The van der Waals surface area contributed by atoms with Crippen LogP contribution in [0.3, 0.4) is 0 Å². The van der Waals surface area contributed by atoms with Crippen molar-refractivity contribution >= 4 is 48.0 Å². The third kappa shape index (κ3) is 10.4. The maximum absolute atomic E-state index is 9.17. The Morgan fingerprint density at radius 2 is 1.78 bits per heavy atom. The van der Waals surface area contributed by atoms with Gasteiger partial charge < -0.3 is 20.5 Å². The molecule has 2 aromatic rings. The van der Waals surface area contributed by atoms with E-state index in [2.05, 4.69) is 16.7 Å². The summed E-state index contributed by atoms with van der Waals surface area (Å²) in [7, 11) is 0. The predicted octanol–water partition coefficient (Wildman–Crippen LogP) is 4.48. The lowest BCUT2D eigenvalue weighted by Crippen LogP contribution is -2.31. The van der Waals surface area contributed by atoms with Crippen LogP contribution in [0, 0.1) is 0 Å². The monoisotopic (exact) mass is 454 g/mol. The molecule has 152 valence electrons. The zero-order valence-electron chi connectivity index (χ0n) is 15.1. The summed E-state index contributed by atoms with van der Waals surface area (Å²) >= 11 is 12.1. The number of hydrogen-bond acceptors (Lipinski definition) is 4. The lowest BCUT2D eigenvalue weighted by molar-refractivity contribution is 0.191. The summed E-state index contributed by atoms with van der Waals surface area (Å²) in [4.78, 5) is 0. The Morgan fingerprint density at radius 3 is 2.48 bits per heavy atom. The molecule has 4 nitrogen and oxygen atoms in total. The van der Waals surface area contributed by atoms with Crippen molar-refractivity contribution in [3.63, 3.8) is 0 Å². The van der Waals surface area contributed by atoms with Gasteiger partial charge in [-0.05, 0) is 36.8 Å². The summed E-state index contributed by atoms with van der Waals surface area (Å²) < 4.78 is 5.83. The number of aliphatic hydroxyl groups excluding tert-OH is 1. The molecule has 3 N–H and O–H groups in total. The summed E-state index contributed by atoms with van der Waals surface area (Å²) in [6, 6.07) is 13.4. The van der Waals surface area contributed by atoms with Gasteiger partial charge in [-0.15, -0.1) is 24.8 Å². The first-order valence-corrected chi connectivity index (χ1v) is 9.05. The Balaban J connectivity index is 0.00000338. The molecule has 0 aliphatic rings. The number of rotatable bonds is 10. The van der Waals surface area contributed by atoms with Crippen LogP contribution in [0.25, 0.3) is 0 Å². The van der Waals surface area contributed by atoms with Crippen molar-refractivity contribution in [2.75, 3.05) is 19.6 Å². The van der Waals surface area contributed by atoms with E-state index in [-0.39, 0.29) is 30.9 Å². The Hall–Kier alpha value is -0.720. The van der Waals surface area contributed by atoms with Crippen molar-refractivity contribution in [1.29, 1.82) is 0 Å². The second kappa shape index (κ2) is 14.3. The van der Waals surface area contributed by atoms with E-state index in [9.17, 15) is 0 Å². The third-order valence-electron chi connectivity index (χ3n) is 3.56. The van der Waals surface area contributed by atoms with Crippen molar-refractivity contribution in [3.8, 4) is 5.75 Å². The number of benzene rings is 2. The van der Waals surface area contributed by atoms with E-state index in [0.717, 1.165) is 36.5 Å². The van der Waals surface area contributed by atoms with Crippen molar-refractivity contribution in [2.45, 2.75) is 26.2 Å². The SMILES string of the molecule is CC(O)CNCCNCc1cccc(OCc2ccc(Cl)cc2Cl)c1.Cl.Cl. The average molecular weight is 456 g/mol. The first-order chi connectivity index (χ1) is 12.0. The molecule has 8 heteroatoms. The van der Waals surface area contributed by atoms with E-state index >= 15 is 0 Å². The average Bonchev–Trinajstić information content (AvgIpc) is 2.57. The molecule has 27 heavy (non-hydrogen) atoms. The van der Waals surface area contributed by atoms with Gasteiger partial charge in [0.15, 0.2) is 0 Å². The Labute approximate surface area is 183 Å². The Kier molecular flexibility index (Phi) is 13.9. The summed E-state index contributed by atoms with van der Waals surface area (Å²) in [5.74, 6) is 0.803. The highest BCUT2D eigenvalue weighted by Crippen LogP contribution is 2.23. The van der Waals surface area contributed by atoms with Gasteiger partial charge in [-0.3, -0.25) is 0 Å². The van der Waals surface area contributed by atoms with Crippen LogP contribution in [0.4, 0.5) is 0 Å². The minimum absolute atomic E-state index is 0. The predicted molar refractivity (Wildman–Crippen MR) is 118 cm³/mol. The molecule has 0 bridgehead atoms. The molecule has 0 aliphatic heterocycles. The number of halogens is 4. The van der Waals surface area contributed by atoms with Gasteiger partial charge in [-0.25, -0.2) is 0 Å². The molecule has 0 fully saturated rings. The molecule has 1 unspecified atom stereocenters. The molecular formula is C19H26Cl4N2O2. The molecule has 0 spiro atoms. The minimum atomic E-state index is -0.317. The molecule has 0 radical (unpaired) electrons. The highest BCUT2D eigenvalue weighted by Gasteiger charge is 2.03.